The third-order valence-corrected chi connectivity index (χ3v) is 7.51. The van der Waals surface area contributed by atoms with E-state index in [2.05, 4.69) is 20.1 Å². The lowest BCUT2D eigenvalue weighted by Gasteiger charge is -2.20. The monoisotopic (exact) mass is 523 g/mol. The van der Waals surface area contributed by atoms with Crippen molar-refractivity contribution in [1.29, 1.82) is 0 Å². The third kappa shape index (κ3) is 6.41. The smallest absolute Gasteiger partial charge is 0.241 e. The van der Waals surface area contributed by atoms with Crippen LogP contribution in [-0.4, -0.2) is 40.5 Å². The van der Waals surface area contributed by atoms with Gasteiger partial charge in [0.25, 0.3) is 0 Å². The topological polar surface area (TPSA) is 107 Å². The van der Waals surface area contributed by atoms with Gasteiger partial charge in [-0.15, -0.1) is 10.2 Å². The van der Waals surface area contributed by atoms with E-state index in [0.29, 0.717) is 21.4 Å². The van der Waals surface area contributed by atoms with Gasteiger partial charge in [0.1, 0.15) is 6.54 Å². The second-order valence-corrected chi connectivity index (χ2v) is 11.5. The molecule has 0 aliphatic carbocycles. The van der Waals surface area contributed by atoms with Crippen LogP contribution < -0.4 is 4.72 Å². The van der Waals surface area contributed by atoms with Crippen LogP contribution in [0.3, 0.4) is 0 Å². The van der Waals surface area contributed by atoms with Crippen molar-refractivity contribution < 1.29 is 13.2 Å². The average molecular weight is 524 g/mol. The summed E-state index contributed by atoms with van der Waals surface area (Å²) in [6.07, 6.45) is 0.524. The molecule has 0 radical (unpaired) electrons. The van der Waals surface area contributed by atoms with Crippen LogP contribution in [-0.2, 0) is 33.2 Å². The molecule has 0 bridgehead atoms. The summed E-state index contributed by atoms with van der Waals surface area (Å²) in [7, 11) is -3.88. The molecule has 0 aliphatic rings. The van der Waals surface area contributed by atoms with Gasteiger partial charge in [-0.25, -0.2) is 13.1 Å². The molecule has 0 aliphatic heterocycles. The number of rotatable bonds is 9. The van der Waals surface area contributed by atoms with Crippen LogP contribution in [0.1, 0.15) is 51.1 Å². The molecule has 182 valence electrons. The zero-order valence-corrected chi connectivity index (χ0v) is 21.7. The Morgan fingerprint density at radius 2 is 1.71 bits per heavy atom. The predicted octanol–water partition coefficient (Wildman–Crippen LogP) is 4.19. The van der Waals surface area contributed by atoms with E-state index in [9.17, 15) is 13.2 Å². The Hall–Kier alpha value is -2.33. The van der Waals surface area contributed by atoms with Gasteiger partial charge >= 0.3 is 0 Å². The molecule has 0 saturated carbocycles. The fourth-order valence-electron chi connectivity index (χ4n) is 3.29. The molecule has 1 atom stereocenters. The molecular formula is C23H27Cl2N5O3S. The van der Waals surface area contributed by atoms with Crippen LogP contribution in [0.2, 0.25) is 10.0 Å². The molecule has 2 aromatic carbocycles. The highest BCUT2D eigenvalue weighted by Gasteiger charge is 2.26. The predicted molar refractivity (Wildman–Crippen MR) is 132 cm³/mol. The number of halogens is 2. The normalized spacial score (nSPS) is 13.1. The SMILES string of the molecule is CCC(NS(=O)(=O)c1ccc(C(C)(C)C)cc1)C(=O)Cn1nnc(Cc2c(Cl)cccc2Cl)n1. The van der Waals surface area contributed by atoms with E-state index < -0.39 is 16.1 Å². The first-order chi connectivity index (χ1) is 15.9. The largest absolute Gasteiger partial charge is 0.296 e. The summed E-state index contributed by atoms with van der Waals surface area (Å²) < 4.78 is 28.2. The number of nitrogens with zero attached hydrogens (tertiary/aromatic N) is 4. The molecule has 1 unspecified atom stereocenters. The number of nitrogens with one attached hydrogen (secondary N) is 1. The number of Topliss-reactive ketones (excluding diaryl/α,β-unsaturated/α-hetero) is 1. The minimum absolute atomic E-state index is 0.0987. The van der Waals surface area contributed by atoms with Gasteiger partial charge < -0.3 is 0 Å². The number of carbonyl (C=O) groups excluding carboxylic acids is 1. The molecule has 0 amide bonds. The maximum Gasteiger partial charge on any atom is 0.241 e. The summed E-state index contributed by atoms with van der Waals surface area (Å²) in [6.45, 7) is 7.65. The van der Waals surface area contributed by atoms with Crippen LogP contribution in [0.25, 0.3) is 0 Å². The fourth-order valence-corrected chi connectivity index (χ4v) is 5.12. The molecule has 1 N–H and O–H groups in total. The van der Waals surface area contributed by atoms with Gasteiger partial charge in [0.15, 0.2) is 11.6 Å². The first-order valence-corrected chi connectivity index (χ1v) is 13.0. The molecule has 3 aromatic rings. The molecule has 34 heavy (non-hydrogen) atoms. The Morgan fingerprint density at radius 3 is 2.26 bits per heavy atom. The van der Waals surface area contributed by atoms with Gasteiger partial charge in [-0.1, -0.05) is 69.1 Å². The maximum atomic E-state index is 12.9. The van der Waals surface area contributed by atoms with Crippen molar-refractivity contribution >= 4 is 39.0 Å². The third-order valence-electron chi connectivity index (χ3n) is 5.31. The second kappa shape index (κ2) is 10.5. The first kappa shape index (κ1) is 26.3. The molecule has 0 fully saturated rings. The number of tetrazole rings is 1. The van der Waals surface area contributed by atoms with Crippen molar-refractivity contribution in [3.63, 3.8) is 0 Å². The van der Waals surface area contributed by atoms with Crippen molar-refractivity contribution in [1.82, 2.24) is 24.9 Å². The van der Waals surface area contributed by atoms with Crippen LogP contribution >= 0.6 is 23.2 Å². The van der Waals surface area contributed by atoms with E-state index >= 15 is 0 Å². The molecule has 1 heterocycles. The Morgan fingerprint density at radius 1 is 1.09 bits per heavy atom. The number of ketones is 1. The van der Waals surface area contributed by atoms with Gasteiger partial charge in [0.2, 0.25) is 10.0 Å². The van der Waals surface area contributed by atoms with Gasteiger partial charge in [0.05, 0.1) is 10.9 Å². The fraction of sp³-hybridized carbons (Fsp3) is 0.391. The molecule has 0 saturated heterocycles. The minimum atomic E-state index is -3.88. The van der Waals surface area contributed by atoms with E-state index in [1.165, 1.54) is 0 Å². The van der Waals surface area contributed by atoms with E-state index in [4.69, 9.17) is 23.2 Å². The van der Waals surface area contributed by atoms with Crippen molar-refractivity contribution in [3.8, 4) is 0 Å². The standard InChI is InChI=1S/C23H27Cl2N5O3S/c1-5-20(28-34(32,33)16-11-9-15(10-12-16)23(2,3)4)21(31)14-30-27-22(26-29-30)13-17-18(24)7-6-8-19(17)25/h6-12,20,28H,5,13-14H2,1-4H3. The first-order valence-electron chi connectivity index (χ1n) is 10.8. The average Bonchev–Trinajstić information content (AvgIpc) is 3.21. The van der Waals surface area contributed by atoms with Gasteiger partial charge in [-0.3, -0.25) is 4.79 Å². The number of benzene rings is 2. The van der Waals surface area contributed by atoms with Crippen molar-refractivity contribution in [2.24, 2.45) is 0 Å². The Bertz CT molecular complexity index is 1250. The summed E-state index contributed by atoms with van der Waals surface area (Å²) >= 11 is 12.4. The Kier molecular flexibility index (Phi) is 8.13. The van der Waals surface area contributed by atoms with Crippen LogP contribution in [0.15, 0.2) is 47.4 Å². The molecule has 0 spiro atoms. The van der Waals surface area contributed by atoms with Crippen LogP contribution in [0.5, 0.6) is 0 Å². The highest BCUT2D eigenvalue weighted by molar-refractivity contribution is 7.89. The highest BCUT2D eigenvalue weighted by atomic mass is 35.5. The summed E-state index contributed by atoms with van der Waals surface area (Å²) in [5.41, 5.74) is 1.58. The lowest BCUT2D eigenvalue weighted by atomic mass is 9.87. The van der Waals surface area contributed by atoms with Gasteiger partial charge in [-0.05, 0) is 52.4 Å². The lowest BCUT2D eigenvalue weighted by Crippen LogP contribution is -2.42. The molecule has 3 rings (SSSR count). The quantitative estimate of drug-likeness (QED) is 0.450. The van der Waals surface area contributed by atoms with Crippen LogP contribution in [0.4, 0.5) is 0 Å². The van der Waals surface area contributed by atoms with Crippen molar-refractivity contribution in [2.45, 2.75) is 63.4 Å². The number of hydrogen-bond donors (Lipinski definition) is 1. The lowest BCUT2D eigenvalue weighted by molar-refractivity contribution is -0.121. The molecule has 1 aromatic heterocycles. The van der Waals surface area contributed by atoms with E-state index in [0.717, 1.165) is 10.4 Å². The van der Waals surface area contributed by atoms with Gasteiger partial charge in [-0.2, -0.15) is 4.80 Å². The van der Waals surface area contributed by atoms with E-state index in [1.54, 1.807) is 49.4 Å². The zero-order valence-electron chi connectivity index (χ0n) is 19.4. The van der Waals surface area contributed by atoms with Crippen molar-refractivity contribution in [2.75, 3.05) is 0 Å². The van der Waals surface area contributed by atoms with Gasteiger partial charge in [0, 0.05) is 16.5 Å². The molecule has 8 nitrogen and oxygen atoms in total. The Balaban J connectivity index is 1.68. The number of sulfonamides is 1. The minimum Gasteiger partial charge on any atom is -0.296 e. The summed E-state index contributed by atoms with van der Waals surface area (Å²) in [4.78, 5) is 14.1. The summed E-state index contributed by atoms with van der Waals surface area (Å²) in [5, 5.41) is 13.0. The zero-order chi connectivity index (χ0) is 25.1. The second-order valence-electron chi connectivity index (χ2n) is 8.94. The van der Waals surface area contributed by atoms with Crippen LogP contribution in [0, 0.1) is 0 Å². The summed E-state index contributed by atoms with van der Waals surface area (Å²) in [5.74, 6) is -0.0347. The number of aromatic nitrogens is 4. The maximum absolute atomic E-state index is 12.9. The Labute approximate surface area is 209 Å². The number of hydrogen-bond acceptors (Lipinski definition) is 6. The van der Waals surface area contributed by atoms with E-state index in [1.807, 2.05) is 20.8 Å². The number of carbonyl (C=O) groups is 1. The molecule has 11 heteroatoms. The highest BCUT2D eigenvalue weighted by Crippen LogP contribution is 2.26. The molecular weight excluding hydrogens is 497 g/mol. The van der Waals surface area contributed by atoms with Crippen molar-refractivity contribution in [3.05, 3.63) is 69.5 Å². The van der Waals surface area contributed by atoms with E-state index in [-0.39, 0.29) is 35.5 Å². The summed E-state index contributed by atoms with van der Waals surface area (Å²) in [6, 6.07) is 10.9.